The number of alkyl carbamates (subject to hydrolysis) is 1. The number of oxime groups is 1. The summed E-state index contributed by atoms with van der Waals surface area (Å²) in [5, 5.41) is 12.7. The van der Waals surface area contributed by atoms with Gasteiger partial charge in [-0.15, -0.1) is 0 Å². The highest BCUT2D eigenvalue weighted by molar-refractivity contribution is 6.38. The molecule has 3 N–H and O–H groups in total. The Balaban J connectivity index is 1.63. The van der Waals surface area contributed by atoms with Gasteiger partial charge in [-0.2, -0.15) is 0 Å². The Hall–Kier alpha value is -3.87. The minimum absolute atomic E-state index is 0.0203. The van der Waals surface area contributed by atoms with Gasteiger partial charge in [-0.3, -0.25) is 19.2 Å². The number of amides is 4. The molecule has 3 aliphatic rings. The van der Waals surface area contributed by atoms with Crippen LogP contribution in [0.1, 0.15) is 103 Å². The van der Waals surface area contributed by atoms with Crippen molar-refractivity contribution in [2.75, 3.05) is 20.7 Å². The zero-order valence-corrected chi connectivity index (χ0v) is 31.0. The SMILES string of the molecule is CCC[C@H](NC(=O)[C@@H]1C[C@]2(CC(c3cc(C)c(OC)c(Cl)c3)=NO2)CN1C(=O)[C@@H](NC(=O)OC1CCCCCC1)C(C)(C)C)C(=O)C(=O)NC. The maximum Gasteiger partial charge on any atom is 0.408 e. The molecule has 1 aliphatic carbocycles. The highest BCUT2D eigenvalue weighted by Gasteiger charge is 2.56. The summed E-state index contributed by atoms with van der Waals surface area (Å²) >= 11 is 6.49. The molecule has 276 valence electrons. The minimum Gasteiger partial charge on any atom is -0.495 e. The van der Waals surface area contributed by atoms with Gasteiger partial charge in [-0.1, -0.05) is 63.7 Å². The van der Waals surface area contributed by atoms with Crippen molar-refractivity contribution in [1.82, 2.24) is 20.9 Å². The third kappa shape index (κ3) is 9.07. The average molecular weight is 718 g/mol. The second kappa shape index (κ2) is 16.4. The first-order valence-electron chi connectivity index (χ1n) is 17.6. The van der Waals surface area contributed by atoms with E-state index in [1.807, 2.05) is 40.7 Å². The van der Waals surface area contributed by atoms with Crippen LogP contribution in [0.5, 0.6) is 5.75 Å². The lowest BCUT2D eigenvalue weighted by Gasteiger charge is -2.35. The number of carbonyl (C=O) groups excluding carboxylic acids is 5. The second-order valence-corrected chi connectivity index (χ2v) is 15.1. The number of nitrogens with zero attached hydrogens (tertiary/aromatic N) is 2. The molecule has 1 aromatic carbocycles. The Labute approximate surface area is 299 Å². The van der Waals surface area contributed by atoms with Gasteiger partial charge in [-0.05, 0) is 62.1 Å². The molecule has 0 unspecified atom stereocenters. The highest BCUT2D eigenvalue weighted by atomic mass is 35.5. The number of rotatable bonds is 11. The smallest absolute Gasteiger partial charge is 0.408 e. The van der Waals surface area contributed by atoms with Crippen LogP contribution in [-0.4, -0.2) is 90.7 Å². The molecule has 4 atom stereocenters. The van der Waals surface area contributed by atoms with E-state index in [0.717, 1.165) is 44.1 Å². The lowest BCUT2D eigenvalue weighted by atomic mass is 9.85. The number of Topliss-reactive ketones (excluding diaryl/α,β-unsaturated/α-hetero) is 1. The lowest BCUT2D eigenvalue weighted by Crippen LogP contribution is -2.59. The molecular formula is C36H52ClN5O8. The minimum atomic E-state index is -1.10. The van der Waals surface area contributed by atoms with Crippen molar-refractivity contribution in [1.29, 1.82) is 0 Å². The topological polar surface area (TPSA) is 165 Å². The molecule has 1 saturated carbocycles. The van der Waals surface area contributed by atoms with Crippen molar-refractivity contribution in [2.45, 2.75) is 129 Å². The summed E-state index contributed by atoms with van der Waals surface area (Å²) in [6.07, 6.45) is 5.82. The van der Waals surface area contributed by atoms with Crippen molar-refractivity contribution in [3.8, 4) is 5.75 Å². The van der Waals surface area contributed by atoms with Crippen LogP contribution < -0.4 is 20.7 Å². The van der Waals surface area contributed by atoms with Crippen LogP contribution in [0.15, 0.2) is 17.3 Å². The van der Waals surface area contributed by atoms with Crippen molar-refractivity contribution >= 4 is 46.9 Å². The van der Waals surface area contributed by atoms with Gasteiger partial charge in [0, 0.05) is 25.5 Å². The molecule has 2 fully saturated rings. The first kappa shape index (κ1) is 38.9. The van der Waals surface area contributed by atoms with Crippen molar-refractivity contribution in [3.05, 3.63) is 28.3 Å². The fourth-order valence-electron chi connectivity index (χ4n) is 7.02. The van der Waals surface area contributed by atoms with Crippen molar-refractivity contribution in [3.63, 3.8) is 0 Å². The zero-order valence-electron chi connectivity index (χ0n) is 30.3. The Morgan fingerprint density at radius 1 is 1.10 bits per heavy atom. The summed E-state index contributed by atoms with van der Waals surface area (Å²) in [7, 11) is 2.89. The third-order valence-corrected chi connectivity index (χ3v) is 9.98. The molecule has 1 spiro atoms. The summed E-state index contributed by atoms with van der Waals surface area (Å²) < 4.78 is 11.2. The highest BCUT2D eigenvalue weighted by Crippen LogP contribution is 2.41. The van der Waals surface area contributed by atoms with E-state index in [0.29, 0.717) is 28.5 Å². The summed E-state index contributed by atoms with van der Waals surface area (Å²) in [6, 6.07) is 0.366. The molecular weight excluding hydrogens is 666 g/mol. The van der Waals surface area contributed by atoms with Gasteiger partial charge in [0.15, 0.2) is 5.60 Å². The Morgan fingerprint density at radius 3 is 2.36 bits per heavy atom. The van der Waals surface area contributed by atoms with Crippen LogP contribution in [0.4, 0.5) is 4.79 Å². The standard InChI is InChI=1S/C36H52ClN5O8/c1-8-13-25(28(43)32(45)38-6)39-31(44)27-19-36(18-26(41-50-36)22-16-21(2)29(48-7)24(37)17-22)20-42(27)33(46)30(35(3,4)5)40-34(47)49-23-14-11-9-10-12-15-23/h16-17,23,25,27,30H,8-15,18-20H2,1-7H3,(H,38,45)(H,39,44)(H,40,47)/t25-,27-,30+,36+/m0/s1. The van der Waals surface area contributed by atoms with Crippen LogP contribution >= 0.6 is 11.6 Å². The molecule has 1 aromatic rings. The number of nitrogens with one attached hydrogen (secondary N) is 3. The average Bonchev–Trinajstić information content (AvgIpc) is 3.56. The molecule has 0 radical (unpaired) electrons. The molecule has 2 heterocycles. The molecule has 4 rings (SSSR count). The Kier molecular flexibility index (Phi) is 12.8. The number of methoxy groups -OCH3 is 1. The molecule has 14 heteroatoms. The summed E-state index contributed by atoms with van der Waals surface area (Å²) in [4.78, 5) is 74.5. The number of benzene rings is 1. The zero-order chi connectivity index (χ0) is 36.8. The van der Waals surface area contributed by atoms with E-state index in [1.165, 1.54) is 11.9 Å². The number of likely N-dealkylation sites (N-methyl/N-ethyl adjacent to an activating group) is 1. The monoisotopic (exact) mass is 717 g/mol. The maximum atomic E-state index is 14.6. The molecule has 1 saturated heterocycles. The summed E-state index contributed by atoms with van der Waals surface area (Å²) in [5.41, 5.74) is 0.248. The number of carbonyl (C=O) groups is 5. The van der Waals surface area contributed by atoms with E-state index in [2.05, 4.69) is 21.1 Å². The van der Waals surface area contributed by atoms with Crippen LogP contribution in [0, 0.1) is 12.3 Å². The first-order valence-corrected chi connectivity index (χ1v) is 17.9. The number of likely N-dealkylation sites (tertiary alicyclic amines) is 1. The summed E-state index contributed by atoms with van der Waals surface area (Å²) in [5.74, 6) is -2.17. The van der Waals surface area contributed by atoms with Gasteiger partial charge >= 0.3 is 6.09 Å². The molecule has 2 aliphatic heterocycles. The fraction of sp³-hybridized carbons (Fsp3) is 0.667. The number of hydrogen-bond acceptors (Lipinski definition) is 9. The van der Waals surface area contributed by atoms with E-state index in [4.69, 9.17) is 25.9 Å². The fourth-order valence-corrected chi connectivity index (χ4v) is 7.37. The Morgan fingerprint density at radius 2 is 1.78 bits per heavy atom. The summed E-state index contributed by atoms with van der Waals surface area (Å²) in [6.45, 7) is 9.15. The van der Waals surface area contributed by atoms with E-state index < -0.39 is 58.7 Å². The van der Waals surface area contributed by atoms with E-state index in [1.54, 1.807) is 13.2 Å². The van der Waals surface area contributed by atoms with Gasteiger partial charge in [0.2, 0.25) is 17.6 Å². The number of halogens is 1. The largest absolute Gasteiger partial charge is 0.495 e. The predicted molar refractivity (Wildman–Crippen MR) is 188 cm³/mol. The maximum absolute atomic E-state index is 14.6. The van der Waals surface area contributed by atoms with Gasteiger partial charge in [-0.25, -0.2) is 4.79 Å². The molecule has 0 aromatic heterocycles. The van der Waals surface area contributed by atoms with Crippen molar-refractivity contribution < 1.29 is 38.3 Å². The number of ether oxygens (including phenoxy) is 2. The van der Waals surface area contributed by atoms with E-state index in [9.17, 15) is 24.0 Å². The molecule has 0 bridgehead atoms. The van der Waals surface area contributed by atoms with Gasteiger partial charge in [0.05, 0.1) is 30.4 Å². The normalized spacial score (nSPS) is 22.1. The van der Waals surface area contributed by atoms with Crippen LogP contribution in [-0.2, 0) is 28.8 Å². The lowest BCUT2D eigenvalue weighted by molar-refractivity contribution is -0.144. The first-order chi connectivity index (χ1) is 23.6. The molecule has 50 heavy (non-hydrogen) atoms. The predicted octanol–water partition coefficient (Wildman–Crippen LogP) is 4.58. The van der Waals surface area contributed by atoms with Crippen LogP contribution in [0.3, 0.4) is 0 Å². The van der Waals surface area contributed by atoms with E-state index >= 15 is 0 Å². The quantitative estimate of drug-likeness (QED) is 0.221. The number of hydrogen-bond donors (Lipinski definition) is 3. The second-order valence-electron chi connectivity index (χ2n) is 14.7. The van der Waals surface area contributed by atoms with Crippen LogP contribution in [0.2, 0.25) is 5.02 Å². The van der Waals surface area contributed by atoms with Gasteiger partial charge in [0.25, 0.3) is 5.91 Å². The van der Waals surface area contributed by atoms with Gasteiger partial charge in [0.1, 0.15) is 23.9 Å². The number of ketones is 1. The Bertz CT molecular complexity index is 1460. The molecule has 13 nitrogen and oxygen atoms in total. The van der Waals surface area contributed by atoms with Crippen LogP contribution in [0.25, 0.3) is 0 Å². The van der Waals surface area contributed by atoms with Crippen molar-refractivity contribution in [2.24, 2.45) is 10.6 Å². The molecule has 4 amide bonds. The van der Waals surface area contributed by atoms with Gasteiger partial charge < -0.3 is 35.2 Å². The number of aryl methyl sites for hydroxylation is 1. The third-order valence-electron chi connectivity index (χ3n) is 9.70. The van der Waals surface area contributed by atoms with E-state index in [-0.39, 0.29) is 31.9 Å².